The van der Waals surface area contributed by atoms with Crippen molar-refractivity contribution in [3.05, 3.63) is 39.9 Å². The van der Waals surface area contributed by atoms with Crippen LogP contribution in [-0.4, -0.2) is 26.3 Å². The smallest absolute Gasteiger partial charge is 0.277 e. The molecule has 0 aromatic carbocycles. The Morgan fingerprint density at radius 3 is 2.69 bits per heavy atom. The number of aromatic nitrogens is 4. The number of carbonyl (C=O) groups excluding carboxylic acids is 1. The number of H-pyrrole nitrogens is 2. The van der Waals surface area contributed by atoms with Crippen LogP contribution in [0.5, 0.6) is 0 Å². The van der Waals surface area contributed by atoms with Gasteiger partial charge in [0.15, 0.2) is 5.82 Å². The van der Waals surface area contributed by atoms with E-state index in [1.165, 1.54) is 12.1 Å². The number of nitrogens with one attached hydrogen (secondary N) is 3. The minimum atomic E-state index is -0.428. The third-order valence-corrected chi connectivity index (χ3v) is 1.86. The molecule has 0 bridgehead atoms. The van der Waals surface area contributed by atoms with Crippen LogP contribution in [-0.2, 0) is 0 Å². The number of nitrogens with zero attached hydrogens (tertiary/aromatic N) is 2. The molecule has 0 fully saturated rings. The first kappa shape index (κ1) is 10.1. The topological polar surface area (TPSA) is 104 Å². The van der Waals surface area contributed by atoms with Gasteiger partial charge >= 0.3 is 0 Å². The summed E-state index contributed by atoms with van der Waals surface area (Å²) in [5.41, 5.74) is 0.608. The van der Waals surface area contributed by atoms with E-state index in [-0.39, 0.29) is 11.3 Å². The lowest BCUT2D eigenvalue weighted by Crippen LogP contribution is -2.17. The van der Waals surface area contributed by atoms with E-state index in [1.54, 1.807) is 6.07 Å². The SMILES string of the molecule is Cc1cc(NC(=O)c2ccc(=O)[nH]n2)n[nH]1. The first-order valence-electron chi connectivity index (χ1n) is 4.54. The highest BCUT2D eigenvalue weighted by molar-refractivity contribution is 6.02. The second kappa shape index (κ2) is 3.97. The molecule has 2 aromatic rings. The third kappa shape index (κ3) is 2.14. The van der Waals surface area contributed by atoms with Crippen LogP contribution in [0.15, 0.2) is 23.0 Å². The van der Waals surface area contributed by atoms with E-state index in [0.717, 1.165) is 5.69 Å². The van der Waals surface area contributed by atoms with Gasteiger partial charge in [-0.05, 0) is 13.0 Å². The summed E-state index contributed by atoms with van der Waals surface area (Å²) >= 11 is 0. The van der Waals surface area contributed by atoms with E-state index in [4.69, 9.17) is 0 Å². The molecule has 0 atom stereocenters. The van der Waals surface area contributed by atoms with Gasteiger partial charge in [0.25, 0.3) is 11.5 Å². The molecule has 0 aliphatic rings. The molecular weight excluding hydrogens is 210 g/mol. The van der Waals surface area contributed by atoms with Crippen LogP contribution in [0, 0.1) is 6.92 Å². The van der Waals surface area contributed by atoms with Gasteiger partial charge in [0.05, 0.1) is 0 Å². The fourth-order valence-corrected chi connectivity index (χ4v) is 1.13. The van der Waals surface area contributed by atoms with Crippen molar-refractivity contribution in [1.82, 2.24) is 20.4 Å². The lowest BCUT2D eigenvalue weighted by Gasteiger charge is -1.98. The summed E-state index contributed by atoms with van der Waals surface area (Å²) < 4.78 is 0. The van der Waals surface area contributed by atoms with Crippen LogP contribution < -0.4 is 10.9 Å². The molecule has 2 aromatic heterocycles. The number of hydrogen-bond donors (Lipinski definition) is 3. The molecule has 2 rings (SSSR count). The van der Waals surface area contributed by atoms with Crippen LogP contribution in [0.3, 0.4) is 0 Å². The standard InChI is InChI=1S/C9H9N5O2/c1-5-4-7(13-11-5)10-9(16)6-2-3-8(15)14-12-6/h2-4H,1H3,(H,14,15)(H2,10,11,13,16). The summed E-state index contributed by atoms with van der Waals surface area (Å²) in [6.07, 6.45) is 0. The van der Waals surface area contributed by atoms with Gasteiger partial charge in [0, 0.05) is 17.8 Å². The van der Waals surface area contributed by atoms with Crippen LogP contribution in [0.2, 0.25) is 0 Å². The molecule has 1 amide bonds. The Morgan fingerprint density at radius 1 is 1.31 bits per heavy atom. The summed E-state index contributed by atoms with van der Waals surface area (Å²) in [5, 5.41) is 14.8. The lowest BCUT2D eigenvalue weighted by atomic mass is 10.3. The average Bonchev–Trinajstić information content (AvgIpc) is 2.65. The zero-order valence-corrected chi connectivity index (χ0v) is 8.44. The van der Waals surface area contributed by atoms with Gasteiger partial charge in [-0.25, -0.2) is 5.10 Å². The molecule has 0 saturated heterocycles. The molecule has 16 heavy (non-hydrogen) atoms. The highest BCUT2D eigenvalue weighted by atomic mass is 16.2. The summed E-state index contributed by atoms with van der Waals surface area (Å²) in [5.74, 6) is -0.0155. The summed E-state index contributed by atoms with van der Waals surface area (Å²) in [4.78, 5) is 22.3. The summed E-state index contributed by atoms with van der Waals surface area (Å²) in [7, 11) is 0. The van der Waals surface area contributed by atoms with E-state index in [2.05, 4.69) is 25.7 Å². The van der Waals surface area contributed by atoms with Crippen molar-refractivity contribution in [2.24, 2.45) is 0 Å². The predicted molar refractivity (Wildman–Crippen MR) is 56.1 cm³/mol. The number of rotatable bonds is 2. The van der Waals surface area contributed by atoms with Crippen molar-refractivity contribution in [1.29, 1.82) is 0 Å². The lowest BCUT2D eigenvalue weighted by molar-refractivity contribution is 0.102. The second-order valence-electron chi connectivity index (χ2n) is 3.20. The predicted octanol–water partition coefficient (Wildman–Crippen LogP) is 0.0537. The first-order chi connectivity index (χ1) is 7.65. The highest BCUT2D eigenvalue weighted by Crippen LogP contribution is 2.04. The summed E-state index contributed by atoms with van der Waals surface area (Å²) in [6.45, 7) is 1.82. The minimum absolute atomic E-state index is 0.125. The Kier molecular flexibility index (Phi) is 2.50. The largest absolute Gasteiger partial charge is 0.304 e. The second-order valence-corrected chi connectivity index (χ2v) is 3.20. The molecule has 0 unspecified atom stereocenters. The molecule has 0 aliphatic heterocycles. The quantitative estimate of drug-likeness (QED) is 0.664. The fraction of sp³-hybridized carbons (Fsp3) is 0.111. The molecular formula is C9H9N5O2. The third-order valence-electron chi connectivity index (χ3n) is 1.86. The van der Waals surface area contributed by atoms with E-state index in [9.17, 15) is 9.59 Å². The number of aromatic amines is 2. The van der Waals surface area contributed by atoms with Gasteiger partial charge < -0.3 is 5.32 Å². The Bertz CT molecular complexity index is 551. The van der Waals surface area contributed by atoms with Crippen LogP contribution in [0.25, 0.3) is 0 Å². The maximum Gasteiger partial charge on any atom is 0.277 e. The minimum Gasteiger partial charge on any atom is -0.304 e. The Balaban J connectivity index is 2.14. The molecule has 0 aliphatic carbocycles. The Morgan fingerprint density at radius 2 is 2.12 bits per heavy atom. The number of hydrogen-bond acceptors (Lipinski definition) is 4. The molecule has 82 valence electrons. The van der Waals surface area contributed by atoms with E-state index < -0.39 is 5.91 Å². The van der Waals surface area contributed by atoms with Crippen molar-refractivity contribution >= 4 is 11.7 Å². The van der Waals surface area contributed by atoms with Crippen molar-refractivity contribution in [2.75, 3.05) is 5.32 Å². The van der Waals surface area contributed by atoms with Crippen LogP contribution >= 0.6 is 0 Å². The van der Waals surface area contributed by atoms with Crippen molar-refractivity contribution in [3.8, 4) is 0 Å². The Labute approximate surface area is 89.9 Å². The molecule has 3 N–H and O–H groups in total. The van der Waals surface area contributed by atoms with Gasteiger partial charge in [-0.15, -0.1) is 0 Å². The molecule has 0 saturated carbocycles. The molecule has 7 heteroatoms. The van der Waals surface area contributed by atoms with Crippen LogP contribution in [0.1, 0.15) is 16.2 Å². The van der Waals surface area contributed by atoms with Crippen LogP contribution in [0.4, 0.5) is 5.82 Å². The van der Waals surface area contributed by atoms with Crippen molar-refractivity contribution in [3.63, 3.8) is 0 Å². The van der Waals surface area contributed by atoms with Gasteiger partial charge in [-0.2, -0.15) is 10.2 Å². The number of carbonyl (C=O) groups is 1. The molecule has 0 radical (unpaired) electrons. The number of anilines is 1. The molecule has 0 spiro atoms. The maximum absolute atomic E-state index is 11.6. The van der Waals surface area contributed by atoms with Crippen molar-refractivity contribution in [2.45, 2.75) is 6.92 Å². The normalized spacial score (nSPS) is 10.1. The van der Waals surface area contributed by atoms with E-state index in [1.807, 2.05) is 6.92 Å². The van der Waals surface area contributed by atoms with Crippen molar-refractivity contribution < 1.29 is 4.79 Å². The molecule has 2 heterocycles. The van der Waals surface area contributed by atoms with Gasteiger partial charge in [0.2, 0.25) is 0 Å². The fourth-order valence-electron chi connectivity index (χ4n) is 1.13. The average molecular weight is 219 g/mol. The maximum atomic E-state index is 11.6. The first-order valence-corrected chi connectivity index (χ1v) is 4.54. The number of amides is 1. The van der Waals surface area contributed by atoms with Gasteiger partial charge in [0.1, 0.15) is 5.69 Å². The van der Waals surface area contributed by atoms with Gasteiger partial charge in [-0.3, -0.25) is 14.7 Å². The van der Waals surface area contributed by atoms with E-state index >= 15 is 0 Å². The van der Waals surface area contributed by atoms with Gasteiger partial charge in [-0.1, -0.05) is 0 Å². The monoisotopic (exact) mass is 219 g/mol. The zero-order chi connectivity index (χ0) is 11.5. The highest BCUT2D eigenvalue weighted by Gasteiger charge is 2.08. The Hall–Kier alpha value is -2.44. The number of aryl methyl sites for hydroxylation is 1. The van der Waals surface area contributed by atoms with E-state index in [0.29, 0.717) is 5.82 Å². The zero-order valence-electron chi connectivity index (χ0n) is 8.44. The summed E-state index contributed by atoms with van der Waals surface area (Å²) in [6, 6.07) is 4.26. The molecule has 7 nitrogen and oxygen atoms in total.